The molecule has 0 atom stereocenters. The summed E-state index contributed by atoms with van der Waals surface area (Å²) in [7, 11) is 0. The Hall–Kier alpha value is -1.45. The van der Waals surface area contributed by atoms with Crippen molar-refractivity contribution in [3.63, 3.8) is 0 Å². The van der Waals surface area contributed by atoms with Crippen LogP contribution in [0.2, 0.25) is 5.28 Å². The largest absolute Gasteiger partial charge is 0.226 e. The quantitative estimate of drug-likeness (QED) is 0.598. The molecule has 0 N–H and O–H groups in total. The second-order valence-corrected chi connectivity index (χ2v) is 6.39. The first-order valence-electron chi connectivity index (χ1n) is 6.83. The molecule has 0 unspecified atom stereocenters. The number of aromatic nitrogens is 2. The van der Waals surface area contributed by atoms with Gasteiger partial charge in [0.1, 0.15) is 4.83 Å². The highest BCUT2D eigenvalue weighted by Gasteiger charge is 2.13. The van der Waals surface area contributed by atoms with Crippen LogP contribution in [0.3, 0.4) is 0 Å². The summed E-state index contributed by atoms with van der Waals surface area (Å²) in [6, 6.07) is 6.84. The smallest absolute Gasteiger partial charge is 0.223 e. The third kappa shape index (κ3) is 2.02. The number of halogens is 1. The van der Waals surface area contributed by atoms with Crippen LogP contribution in [-0.4, -0.2) is 9.97 Å². The Morgan fingerprint density at radius 3 is 2.85 bits per heavy atom. The molecule has 4 heteroatoms. The van der Waals surface area contributed by atoms with Gasteiger partial charge in [0.2, 0.25) is 5.28 Å². The number of nitrogens with zero attached hydrogens (tertiary/aromatic N) is 2. The van der Waals surface area contributed by atoms with Crippen molar-refractivity contribution in [1.29, 1.82) is 0 Å². The zero-order valence-electron chi connectivity index (χ0n) is 10.9. The van der Waals surface area contributed by atoms with Crippen molar-refractivity contribution in [2.75, 3.05) is 0 Å². The van der Waals surface area contributed by atoms with E-state index in [0.717, 1.165) is 10.2 Å². The summed E-state index contributed by atoms with van der Waals surface area (Å²) in [4.78, 5) is 9.35. The Kier molecular flexibility index (Phi) is 2.97. The Morgan fingerprint density at radius 2 is 1.95 bits per heavy atom. The van der Waals surface area contributed by atoms with Crippen molar-refractivity contribution in [1.82, 2.24) is 9.97 Å². The average molecular weight is 301 g/mol. The molecule has 0 saturated carbocycles. The fraction of sp³-hybridized carbons (Fsp3) is 0.250. The number of aryl methyl sites for hydroxylation is 2. The van der Waals surface area contributed by atoms with E-state index < -0.39 is 0 Å². The summed E-state index contributed by atoms with van der Waals surface area (Å²) in [6.45, 7) is 0. The van der Waals surface area contributed by atoms with E-state index in [-0.39, 0.29) is 0 Å². The lowest BCUT2D eigenvalue weighted by Crippen LogP contribution is -2.02. The minimum atomic E-state index is 0.316. The van der Waals surface area contributed by atoms with Crippen LogP contribution in [0, 0.1) is 0 Å². The predicted octanol–water partition coefficient (Wildman–Crippen LogP) is 4.89. The molecule has 0 amide bonds. The van der Waals surface area contributed by atoms with Gasteiger partial charge in [-0.15, -0.1) is 11.3 Å². The summed E-state index contributed by atoms with van der Waals surface area (Å²) in [5.74, 6) is 0. The molecule has 1 aromatic carbocycles. The van der Waals surface area contributed by atoms with Crippen LogP contribution in [0.25, 0.3) is 21.3 Å². The lowest BCUT2D eigenvalue weighted by atomic mass is 9.89. The standard InChI is InChI=1S/C16H13ClN2S/c17-16-18-8-13-14(9-20-15(13)19-16)12-6-5-10-3-1-2-4-11(10)7-12/h5-9H,1-4H2. The Balaban J connectivity index is 1.86. The minimum absolute atomic E-state index is 0.316. The highest BCUT2D eigenvalue weighted by atomic mass is 35.5. The zero-order chi connectivity index (χ0) is 13.5. The second-order valence-electron chi connectivity index (χ2n) is 5.20. The highest BCUT2D eigenvalue weighted by molar-refractivity contribution is 7.17. The number of thiophene rings is 1. The first-order chi connectivity index (χ1) is 9.81. The molecule has 3 aromatic rings. The molecule has 100 valence electrons. The molecule has 1 aliphatic rings. The van der Waals surface area contributed by atoms with E-state index in [1.165, 1.54) is 47.9 Å². The first-order valence-corrected chi connectivity index (χ1v) is 8.09. The SMILES string of the molecule is Clc1ncc2c(-c3ccc4c(c3)CCCC4)csc2n1. The van der Waals surface area contributed by atoms with Gasteiger partial charge in [0.05, 0.1) is 0 Å². The predicted molar refractivity (Wildman–Crippen MR) is 84.5 cm³/mol. The van der Waals surface area contributed by atoms with Crippen molar-refractivity contribution >= 4 is 33.2 Å². The summed E-state index contributed by atoms with van der Waals surface area (Å²) in [5, 5.41) is 3.56. The van der Waals surface area contributed by atoms with E-state index in [2.05, 4.69) is 33.5 Å². The van der Waals surface area contributed by atoms with E-state index >= 15 is 0 Å². The number of rotatable bonds is 1. The van der Waals surface area contributed by atoms with Crippen molar-refractivity contribution in [2.45, 2.75) is 25.7 Å². The molecule has 0 saturated heterocycles. The van der Waals surface area contributed by atoms with Crippen molar-refractivity contribution in [2.24, 2.45) is 0 Å². The monoisotopic (exact) mass is 300 g/mol. The average Bonchev–Trinajstić information content (AvgIpc) is 2.89. The molecule has 0 fully saturated rings. The van der Waals surface area contributed by atoms with E-state index in [1.54, 1.807) is 11.3 Å². The maximum Gasteiger partial charge on any atom is 0.223 e. The van der Waals surface area contributed by atoms with Crippen LogP contribution >= 0.6 is 22.9 Å². The van der Waals surface area contributed by atoms with E-state index in [0.29, 0.717) is 5.28 Å². The van der Waals surface area contributed by atoms with Gasteiger partial charge in [-0.3, -0.25) is 0 Å². The lowest BCUT2D eigenvalue weighted by molar-refractivity contribution is 0.686. The maximum absolute atomic E-state index is 5.85. The van der Waals surface area contributed by atoms with Gasteiger partial charge in [-0.1, -0.05) is 18.2 Å². The van der Waals surface area contributed by atoms with Crippen molar-refractivity contribution in [3.8, 4) is 11.1 Å². The molecule has 0 aliphatic heterocycles. The molecule has 4 rings (SSSR count). The van der Waals surface area contributed by atoms with Crippen molar-refractivity contribution < 1.29 is 0 Å². The van der Waals surface area contributed by atoms with Crippen LogP contribution in [-0.2, 0) is 12.8 Å². The molecular weight excluding hydrogens is 288 g/mol. The van der Waals surface area contributed by atoms with Gasteiger partial charge < -0.3 is 0 Å². The van der Waals surface area contributed by atoms with E-state index in [1.807, 2.05) is 6.20 Å². The van der Waals surface area contributed by atoms with Gasteiger partial charge in [-0.2, -0.15) is 0 Å². The van der Waals surface area contributed by atoms with Crippen LogP contribution in [0.15, 0.2) is 29.8 Å². The number of benzene rings is 1. The molecule has 0 bridgehead atoms. The molecule has 0 spiro atoms. The molecule has 1 aliphatic carbocycles. The second kappa shape index (κ2) is 4.83. The summed E-state index contributed by atoms with van der Waals surface area (Å²) >= 11 is 7.48. The molecule has 2 heterocycles. The molecule has 2 aromatic heterocycles. The van der Waals surface area contributed by atoms with Gasteiger partial charge in [-0.05, 0) is 54.0 Å². The summed E-state index contributed by atoms with van der Waals surface area (Å²) < 4.78 is 0. The first kappa shape index (κ1) is 12.3. The third-order valence-corrected chi connectivity index (χ3v) is 5.03. The van der Waals surface area contributed by atoms with Crippen molar-refractivity contribution in [3.05, 3.63) is 46.2 Å². The maximum atomic E-state index is 5.85. The zero-order valence-corrected chi connectivity index (χ0v) is 12.5. The number of hydrogen-bond acceptors (Lipinski definition) is 3. The minimum Gasteiger partial charge on any atom is -0.226 e. The normalized spacial score (nSPS) is 14.4. The third-order valence-electron chi connectivity index (χ3n) is 3.96. The lowest BCUT2D eigenvalue weighted by Gasteiger charge is -2.16. The van der Waals surface area contributed by atoms with Gasteiger partial charge in [0.15, 0.2) is 0 Å². The number of hydrogen-bond donors (Lipinski definition) is 0. The summed E-state index contributed by atoms with van der Waals surface area (Å²) in [6.07, 6.45) is 6.88. The van der Waals surface area contributed by atoms with Crippen LogP contribution in [0.1, 0.15) is 24.0 Å². The van der Waals surface area contributed by atoms with Gasteiger partial charge in [-0.25, -0.2) is 9.97 Å². The Bertz CT molecular complexity index is 794. The molecule has 0 radical (unpaired) electrons. The fourth-order valence-corrected chi connectivity index (χ4v) is 4.03. The topological polar surface area (TPSA) is 25.8 Å². The Labute approximate surface area is 126 Å². The van der Waals surface area contributed by atoms with E-state index in [4.69, 9.17) is 11.6 Å². The van der Waals surface area contributed by atoms with E-state index in [9.17, 15) is 0 Å². The van der Waals surface area contributed by atoms with Gasteiger partial charge in [0, 0.05) is 22.5 Å². The Morgan fingerprint density at radius 1 is 1.10 bits per heavy atom. The van der Waals surface area contributed by atoms with Crippen LogP contribution < -0.4 is 0 Å². The van der Waals surface area contributed by atoms with Gasteiger partial charge in [0.25, 0.3) is 0 Å². The van der Waals surface area contributed by atoms with Crippen LogP contribution in [0.4, 0.5) is 0 Å². The van der Waals surface area contributed by atoms with Crippen LogP contribution in [0.5, 0.6) is 0 Å². The molecule has 2 nitrogen and oxygen atoms in total. The number of fused-ring (bicyclic) bond motifs is 2. The highest BCUT2D eigenvalue weighted by Crippen LogP contribution is 2.35. The van der Waals surface area contributed by atoms with Gasteiger partial charge >= 0.3 is 0 Å². The fourth-order valence-electron chi connectivity index (χ4n) is 2.92. The summed E-state index contributed by atoms with van der Waals surface area (Å²) in [5.41, 5.74) is 5.50. The molecule has 20 heavy (non-hydrogen) atoms. The molecular formula is C16H13ClN2S.